The number of hydrogen-bond acceptors (Lipinski definition) is 3. The number of allylic oxidation sites excluding steroid dienone is 1. The zero-order valence-corrected chi connectivity index (χ0v) is 62.3. The Morgan fingerprint density at radius 3 is 0.899 bits per heavy atom. The molecule has 0 fully saturated rings. The average molecular weight is 1300 g/mol. The van der Waals surface area contributed by atoms with E-state index in [0.29, 0.717) is 0 Å². The number of aryl methyl sites for hydroxylation is 2. The fraction of sp³-hybridized carbons (Fsp3) is 0.281. The van der Waals surface area contributed by atoms with E-state index in [4.69, 9.17) is 0 Å². The first-order chi connectivity index (χ1) is 47.2. The second-order valence-electron chi connectivity index (χ2n) is 31.3. The fourth-order valence-electron chi connectivity index (χ4n) is 14.5. The Kier molecular flexibility index (Phi) is 20.7. The maximum atomic E-state index is 3.97. The molecule has 0 saturated carbocycles. The van der Waals surface area contributed by atoms with Gasteiger partial charge in [0, 0.05) is 56.6 Å². The smallest absolute Gasteiger partial charge is 0.0491 e. The van der Waals surface area contributed by atoms with E-state index in [-0.39, 0.29) is 27.1 Å². The van der Waals surface area contributed by atoms with Gasteiger partial charge in [-0.15, -0.1) is 5.73 Å². The number of anilines is 9. The molecule has 0 aromatic heterocycles. The van der Waals surface area contributed by atoms with Gasteiger partial charge < -0.3 is 14.7 Å². The van der Waals surface area contributed by atoms with Gasteiger partial charge >= 0.3 is 0 Å². The van der Waals surface area contributed by atoms with Crippen LogP contribution in [-0.4, -0.2) is 0 Å². The Bertz CT molecular complexity index is 4580. The molecule has 0 spiro atoms. The first kappa shape index (κ1) is 70.7. The Morgan fingerprint density at radius 1 is 0.313 bits per heavy atom. The minimum Gasteiger partial charge on any atom is -0.311 e. The molecule has 3 heteroatoms. The molecule has 3 nitrogen and oxygen atoms in total. The van der Waals surface area contributed by atoms with Crippen LogP contribution >= 0.6 is 0 Å². The van der Waals surface area contributed by atoms with E-state index in [1.807, 2.05) is 0 Å². The molecule has 11 aromatic carbocycles. The van der Waals surface area contributed by atoms with Gasteiger partial charge in [0.2, 0.25) is 0 Å². The lowest BCUT2D eigenvalue weighted by molar-refractivity contribution is 0.392. The fourth-order valence-corrected chi connectivity index (χ4v) is 14.5. The van der Waals surface area contributed by atoms with Crippen LogP contribution in [0.1, 0.15) is 175 Å². The van der Waals surface area contributed by atoms with Crippen molar-refractivity contribution in [3.8, 4) is 44.5 Å². The zero-order chi connectivity index (χ0) is 70.6. The molecule has 0 bridgehead atoms. The standard InChI is InChI=1S/C96H105N3/c1-19-63-95(17,64-20-2)80-36-23-70(24-37-80)72-31-50-84(51-32-72)98(86-56-42-78(43-57-86)93(11,12)13)89-60-61-90(67(5)66-89)76-35-62-91(68(6)65-76)99(88-58-44-79(45-59-88)94(14,15)16)87-52-33-75(34-53-87)74-29-48-83(49-30-74)97(85-54-40-77(41-55-85)92(8,9)10)82-46-27-73(28-47-82)71-25-38-81(39-26-71)96(18,22-4)69(7)21-3/h23-62,65-66H,3,19-20,22,63-64H2,1-2,4-18H3. The number of hydrogen-bond donors (Lipinski definition) is 0. The Labute approximate surface area is 595 Å². The largest absolute Gasteiger partial charge is 0.311 e. The summed E-state index contributed by atoms with van der Waals surface area (Å²) in [6.45, 7) is 42.7. The van der Waals surface area contributed by atoms with Gasteiger partial charge in [-0.1, -0.05) is 262 Å². The highest BCUT2D eigenvalue weighted by molar-refractivity contribution is 5.86. The predicted octanol–water partition coefficient (Wildman–Crippen LogP) is 28.5. The SMILES string of the molecule is C=C=C(C)C(C)(CC)c1ccc(-c2ccc(N(c3ccc(-c4ccc(N(c5ccc(C(C)(C)C)cc5)c5ccc(-c6ccc(N(c7ccc(-c8ccc(C(C)(CCC)CCC)cc8)cc7)c7ccc(C(C)(C)C)cc7)cc6C)cc5C)cc4)cc3)c3ccc(C(C)(C)C)cc3)cc2)cc1. The van der Waals surface area contributed by atoms with Crippen LogP contribution in [0, 0.1) is 13.8 Å². The molecule has 99 heavy (non-hydrogen) atoms. The molecule has 0 aliphatic rings. The highest BCUT2D eigenvalue weighted by Crippen LogP contribution is 2.45. The van der Waals surface area contributed by atoms with Crippen LogP contribution in [0.15, 0.2) is 273 Å². The van der Waals surface area contributed by atoms with Crippen molar-refractivity contribution < 1.29 is 0 Å². The van der Waals surface area contributed by atoms with E-state index in [9.17, 15) is 0 Å². The van der Waals surface area contributed by atoms with E-state index < -0.39 is 0 Å². The van der Waals surface area contributed by atoms with Gasteiger partial charge in [-0.3, -0.25) is 0 Å². The Balaban J connectivity index is 0.881. The van der Waals surface area contributed by atoms with Crippen molar-refractivity contribution in [2.45, 2.75) is 177 Å². The van der Waals surface area contributed by atoms with Gasteiger partial charge in [-0.2, -0.15) is 0 Å². The summed E-state index contributed by atoms with van der Waals surface area (Å²) in [6, 6.07) is 96.1. The maximum Gasteiger partial charge on any atom is 0.0491 e. The third-order valence-electron chi connectivity index (χ3n) is 21.2. The summed E-state index contributed by atoms with van der Waals surface area (Å²) < 4.78 is 0. The van der Waals surface area contributed by atoms with E-state index in [1.54, 1.807) is 0 Å². The van der Waals surface area contributed by atoms with E-state index >= 15 is 0 Å². The van der Waals surface area contributed by atoms with Crippen molar-refractivity contribution >= 4 is 51.2 Å². The molecule has 1 unspecified atom stereocenters. The quantitative estimate of drug-likeness (QED) is 0.0664. The summed E-state index contributed by atoms with van der Waals surface area (Å²) >= 11 is 0. The summed E-state index contributed by atoms with van der Waals surface area (Å²) in [5.74, 6) is 0. The predicted molar refractivity (Wildman–Crippen MR) is 431 cm³/mol. The lowest BCUT2D eigenvalue weighted by atomic mass is 9.74. The summed E-state index contributed by atoms with van der Waals surface area (Å²) in [4.78, 5) is 7.19. The molecular weight excluding hydrogens is 1200 g/mol. The monoisotopic (exact) mass is 1300 g/mol. The molecule has 0 aliphatic heterocycles. The molecular formula is C96H105N3. The first-order valence-electron chi connectivity index (χ1n) is 36.2. The summed E-state index contributed by atoms with van der Waals surface area (Å²) in [5.41, 5.74) is 33.2. The van der Waals surface area contributed by atoms with Crippen molar-refractivity contribution in [3.63, 3.8) is 0 Å². The van der Waals surface area contributed by atoms with E-state index in [2.05, 4.69) is 400 Å². The van der Waals surface area contributed by atoms with Crippen molar-refractivity contribution in [1.29, 1.82) is 0 Å². The highest BCUT2D eigenvalue weighted by atomic mass is 15.2. The van der Waals surface area contributed by atoms with Crippen LogP contribution < -0.4 is 14.7 Å². The normalized spacial score (nSPS) is 12.6. The minimum atomic E-state index is -0.0975. The lowest BCUT2D eigenvalue weighted by Crippen LogP contribution is -2.21. The molecule has 0 heterocycles. The number of rotatable bonds is 21. The molecule has 0 aliphatic carbocycles. The van der Waals surface area contributed by atoms with Crippen LogP contribution in [0.25, 0.3) is 44.5 Å². The van der Waals surface area contributed by atoms with Gasteiger partial charge in [0.1, 0.15) is 0 Å². The average Bonchev–Trinajstić information content (AvgIpc) is 0.789. The Morgan fingerprint density at radius 2 is 0.596 bits per heavy atom. The van der Waals surface area contributed by atoms with Crippen LogP contribution in [0.3, 0.4) is 0 Å². The van der Waals surface area contributed by atoms with Crippen molar-refractivity contribution in [1.82, 2.24) is 0 Å². The van der Waals surface area contributed by atoms with E-state index in [1.165, 1.54) is 104 Å². The summed E-state index contributed by atoms with van der Waals surface area (Å²) in [5, 5.41) is 0. The molecule has 11 rings (SSSR count). The zero-order valence-electron chi connectivity index (χ0n) is 62.3. The summed E-state index contributed by atoms with van der Waals surface area (Å²) in [7, 11) is 0. The van der Waals surface area contributed by atoms with Gasteiger partial charge in [-0.25, -0.2) is 0 Å². The second kappa shape index (κ2) is 29.0. The number of benzene rings is 11. The van der Waals surface area contributed by atoms with Crippen LogP contribution in [0.4, 0.5) is 51.2 Å². The van der Waals surface area contributed by atoms with Crippen LogP contribution in [0.5, 0.6) is 0 Å². The molecule has 1 atom stereocenters. The third kappa shape index (κ3) is 15.3. The molecule has 504 valence electrons. The molecule has 0 N–H and O–H groups in total. The van der Waals surface area contributed by atoms with Crippen molar-refractivity contribution in [2.75, 3.05) is 14.7 Å². The molecule has 0 saturated heterocycles. The van der Waals surface area contributed by atoms with E-state index in [0.717, 1.165) is 68.7 Å². The van der Waals surface area contributed by atoms with Gasteiger partial charge in [-0.05, 0) is 260 Å². The minimum absolute atomic E-state index is 0.0228. The molecule has 0 radical (unpaired) electrons. The molecule has 11 aromatic rings. The van der Waals surface area contributed by atoms with Crippen molar-refractivity contribution in [2.24, 2.45) is 0 Å². The van der Waals surface area contributed by atoms with Crippen LogP contribution in [0.2, 0.25) is 0 Å². The molecule has 0 amide bonds. The number of nitrogens with zero attached hydrogens (tertiary/aromatic N) is 3. The second-order valence-corrected chi connectivity index (χ2v) is 31.3. The lowest BCUT2D eigenvalue weighted by Gasteiger charge is -2.30. The third-order valence-corrected chi connectivity index (χ3v) is 21.2. The summed E-state index contributed by atoms with van der Waals surface area (Å²) in [6.07, 6.45) is 5.77. The van der Waals surface area contributed by atoms with Crippen LogP contribution in [-0.2, 0) is 27.1 Å². The van der Waals surface area contributed by atoms with Gasteiger partial charge in [0.25, 0.3) is 0 Å². The van der Waals surface area contributed by atoms with Crippen molar-refractivity contribution in [3.05, 3.63) is 312 Å². The van der Waals surface area contributed by atoms with Gasteiger partial charge in [0.15, 0.2) is 0 Å². The topological polar surface area (TPSA) is 9.72 Å². The maximum absolute atomic E-state index is 3.97. The first-order valence-corrected chi connectivity index (χ1v) is 36.2. The van der Waals surface area contributed by atoms with Gasteiger partial charge in [0.05, 0.1) is 0 Å². The highest BCUT2D eigenvalue weighted by Gasteiger charge is 2.28. The Hall–Kier alpha value is -9.66.